The predicted molar refractivity (Wildman–Crippen MR) is 72.6 cm³/mol. The van der Waals surface area contributed by atoms with Gasteiger partial charge in [-0.1, -0.05) is 30.3 Å². The molecule has 104 valence electrons. The molecule has 0 amide bonds. The molecular formula is C15H21NO3. The monoisotopic (exact) mass is 263 g/mol. The Bertz CT molecular complexity index is 388. The zero-order chi connectivity index (χ0) is 13.5. The zero-order valence-electron chi connectivity index (χ0n) is 11.3. The Morgan fingerprint density at radius 2 is 2.05 bits per heavy atom. The van der Waals surface area contributed by atoms with Gasteiger partial charge in [0.15, 0.2) is 0 Å². The van der Waals surface area contributed by atoms with E-state index in [0.717, 1.165) is 26.1 Å². The van der Waals surface area contributed by atoms with Crippen molar-refractivity contribution in [1.29, 1.82) is 0 Å². The molecule has 0 spiro atoms. The van der Waals surface area contributed by atoms with Crippen molar-refractivity contribution in [2.24, 2.45) is 5.92 Å². The zero-order valence-corrected chi connectivity index (χ0v) is 11.3. The summed E-state index contributed by atoms with van der Waals surface area (Å²) in [6, 6.07) is 9.84. The highest BCUT2D eigenvalue weighted by atomic mass is 16.5. The number of nitrogens with one attached hydrogen (secondary N) is 1. The van der Waals surface area contributed by atoms with E-state index in [4.69, 9.17) is 9.47 Å². The first-order chi connectivity index (χ1) is 9.31. The Morgan fingerprint density at radius 1 is 1.37 bits per heavy atom. The Balaban J connectivity index is 1.95. The van der Waals surface area contributed by atoms with E-state index in [2.05, 4.69) is 5.32 Å². The molecule has 1 N–H and O–H groups in total. The van der Waals surface area contributed by atoms with Crippen LogP contribution in [0.25, 0.3) is 0 Å². The minimum absolute atomic E-state index is 0.178. The highest BCUT2D eigenvalue weighted by molar-refractivity contribution is 5.76. The van der Waals surface area contributed by atoms with E-state index in [1.54, 1.807) is 0 Å². The van der Waals surface area contributed by atoms with E-state index < -0.39 is 0 Å². The first-order valence-corrected chi connectivity index (χ1v) is 6.74. The van der Waals surface area contributed by atoms with Crippen LogP contribution in [0.1, 0.15) is 18.4 Å². The van der Waals surface area contributed by atoms with Gasteiger partial charge in [-0.2, -0.15) is 0 Å². The highest BCUT2D eigenvalue weighted by Crippen LogP contribution is 2.20. The summed E-state index contributed by atoms with van der Waals surface area (Å²) in [5.41, 5.74) is 1.17. The van der Waals surface area contributed by atoms with Crippen molar-refractivity contribution in [1.82, 2.24) is 5.32 Å². The molecule has 0 saturated carbocycles. The maximum Gasteiger partial charge on any atom is 0.323 e. The van der Waals surface area contributed by atoms with Gasteiger partial charge in [0.2, 0.25) is 0 Å². The van der Waals surface area contributed by atoms with E-state index in [9.17, 15) is 4.79 Å². The number of rotatable bonds is 5. The molecule has 2 rings (SSSR count). The standard InChI is InChI=1S/C15H21NO3/c1-18-15(17)14(13-7-9-19-10-8-13)16-11-12-5-3-2-4-6-12/h2-6,13-14,16H,7-11H2,1H3. The average molecular weight is 263 g/mol. The van der Waals surface area contributed by atoms with Gasteiger partial charge in [0.1, 0.15) is 6.04 Å². The smallest absolute Gasteiger partial charge is 0.323 e. The van der Waals surface area contributed by atoms with Crippen LogP contribution >= 0.6 is 0 Å². The fourth-order valence-corrected chi connectivity index (χ4v) is 2.44. The molecule has 0 aromatic heterocycles. The Morgan fingerprint density at radius 3 is 2.68 bits per heavy atom. The number of methoxy groups -OCH3 is 1. The second-order valence-electron chi connectivity index (χ2n) is 4.82. The van der Waals surface area contributed by atoms with Crippen molar-refractivity contribution in [3.05, 3.63) is 35.9 Å². The van der Waals surface area contributed by atoms with E-state index in [-0.39, 0.29) is 12.0 Å². The molecule has 0 aliphatic carbocycles. The molecule has 1 aliphatic heterocycles. The second kappa shape index (κ2) is 7.26. The van der Waals surface area contributed by atoms with Crippen molar-refractivity contribution < 1.29 is 14.3 Å². The van der Waals surface area contributed by atoms with Crippen molar-refractivity contribution >= 4 is 5.97 Å². The van der Waals surface area contributed by atoms with E-state index in [1.807, 2.05) is 30.3 Å². The molecule has 1 aliphatic rings. The number of esters is 1. The van der Waals surface area contributed by atoms with E-state index in [0.29, 0.717) is 12.5 Å². The molecule has 4 heteroatoms. The molecule has 0 bridgehead atoms. The Hall–Kier alpha value is -1.39. The lowest BCUT2D eigenvalue weighted by Gasteiger charge is -2.29. The van der Waals surface area contributed by atoms with Crippen LogP contribution in [0.4, 0.5) is 0 Å². The minimum atomic E-state index is -0.242. The van der Waals surface area contributed by atoms with E-state index in [1.165, 1.54) is 12.7 Å². The van der Waals surface area contributed by atoms with Crippen molar-refractivity contribution in [3.8, 4) is 0 Å². The van der Waals surface area contributed by atoms with Gasteiger partial charge in [0.05, 0.1) is 7.11 Å². The van der Waals surface area contributed by atoms with Gasteiger partial charge in [-0.05, 0) is 24.3 Å². The fourth-order valence-electron chi connectivity index (χ4n) is 2.44. The summed E-state index contributed by atoms with van der Waals surface area (Å²) in [7, 11) is 1.44. The van der Waals surface area contributed by atoms with Crippen LogP contribution in [0, 0.1) is 5.92 Å². The maximum absolute atomic E-state index is 11.9. The largest absolute Gasteiger partial charge is 0.468 e. The van der Waals surface area contributed by atoms with Crippen LogP contribution in [-0.4, -0.2) is 32.3 Å². The van der Waals surface area contributed by atoms with Crippen LogP contribution in [0.2, 0.25) is 0 Å². The van der Waals surface area contributed by atoms with Gasteiger partial charge in [0, 0.05) is 19.8 Å². The number of ether oxygens (including phenoxy) is 2. The molecule has 0 radical (unpaired) electrons. The van der Waals surface area contributed by atoms with Crippen molar-refractivity contribution in [3.63, 3.8) is 0 Å². The van der Waals surface area contributed by atoms with Crippen LogP contribution in [0.3, 0.4) is 0 Å². The predicted octanol–water partition coefficient (Wildman–Crippen LogP) is 1.74. The van der Waals surface area contributed by atoms with Crippen molar-refractivity contribution in [2.75, 3.05) is 20.3 Å². The number of benzene rings is 1. The topological polar surface area (TPSA) is 47.6 Å². The summed E-state index contributed by atoms with van der Waals surface area (Å²) in [5, 5.41) is 3.33. The van der Waals surface area contributed by atoms with Crippen molar-refractivity contribution in [2.45, 2.75) is 25.4 Å². The van der Waals surface area contributed by atoms with Crippen LogP contribution in [0.15, 0.2) is 30.3 Å². The summed E-state index contributed by atoms with van der Waals surface area (Å²) < 4.78 is 10.3. The Labute approximate surface area is 114 Å². The molecule has 4 nitrogen and oxygen atoms in total. The first kappa shape index (κ1) is 14.0. The highest BCUT2D eigenvalue weighted by Gasteiger charge is 2.30. The molecule has 1 saturated heterocycles. The molecule has 1 atom stereocenters. The molecule has 1 aromatic carbocycles. The SMILES string of the molecule is COC(=O)C(NCc1ccccc1)C1CCOCC1. The van der Waals surface area contributed by atoms with Crippen LogP contribution < -0.4 is 5.32 Å². The summed E-state index contributed by atoms with van der Waals surface area (Å²) in [5.74, 6) is 0.118. The van der Waals surface area contributed by atoms with Gasteiger partial charge >= 0.3 is 5.97 Å². The lowest BCUT2D eigenvalue weighted by atomic mass is 9.91. The summed E-state index contributed by atoms with van der Waals surface area (Å²) in [4.78, 5) is 11.9. The fraction of sp³-hybridized carbons (Fsp3) is 0.533. The normalized spacial score (nSPS) is 17.9. The third-order valence-corrected chi connectivity index (χ3v) is 3.56. The molecule has 19 heavy (non-hydrogen) atoms. The van der Waals surface area contributed by atoms with Gasteiger partial charge in [-0.15, -0.1) is 0 Å². The summed E-state index contributed by atoms with van der Waals surface area (Å²) >= 11 is 0. The van der Waals surface area contributed by atoms with Gasteiger partial charge in [-0.3, -0.25) is 4.79 Å². The maximum atomic E-state index is 11.9. The summed E-state index contributed by atoms with van der Waals surface area (Å²) in [6.45, 7) is 2.13. The number of hydrogen-bond acceptors (Lipinski definition) is 4. The number of hydrogen-bond donors (Lipinski definition) is 1. The Kier molecular flexibility index (Phi) is 5.36. The lowest BCUT2D eigenvalue weighted by Crippen LogP contribution is -2.45. The van der Waals surface area contributed by atoms with E-state index >= 15 is 0 Å². The summed E-state index contributed by atoms with van der Waals surface area (Å²) in [6.07, 6.45) is 1.81. The number of carbonyl (C=O) groups excluding carboxylic acids is 1. The lowest BCUT2D eigenvalue weighted by molar-refractivity contribution is -0.145. The molecular weight excluding hydrogens is 242 g/mol. The minimum Gasteiger partial charge on any atom is -0.468 e. The first-order valence-electron chi connectivity index (χ1n) is 6.74. The average Bonchev–Trinajstić information content (AvgIpc) is 2.49. The van der Waals surface area contributed by atoms with Gasteiger partial charge < -0.3 is 14.8 Å². The molecule has 1 fully saturated rings. The third-order valence-electron chi connectivity index (χ3n) is 3.56. The third kappa shape index (κ3) is 4.04. The second-order valence-corrected chi connectivity index (χ2v) is 4.82. The number of carbonyl (C=O) groups is 1. The van der Waals surface area contributed by atoms with Crippen LogP contribution in [0.5, 0.6) is 0 Å². The van der Waals surface area contributed by atoms with Gasteiger partial charge in [-0.25, -0.2) is 0 Å². The molecule has 1 heterocycles. The molecule has 1 unspecified atom stereocenters. The quantitative estimate of drug-likeness (QED) is 0.822. The molecule has 1 aromatic rings. The van der Waals surface area contributed by atoms with Gasteiger partial charge in [0.25, 0.3) is 0 Å². The van der Waals surface area contributed by atoms with Crippen LogP contribution in [-0.2, 0) is 20.8 Å².